The van der Waals surface area contributed by atoms with Crippen LogP contribution in [0.1, 0.15) is 37.8 Å². The second-order valence-corrected chi connectivity index (χ2v) is 9.16. The van der Waals surface area contributed by atoms with Gasteiger partial charge in [-0.3, -0.25) is 9.89 Å². The fourth-order valence-corrected chi connectivity index (χ4v) is 4.03. The van der Waals surface area contributed by atoms with E-state index in [1.54, 1.807) is 21.1 Å². The standard InChI is InChI=1S/C20H35N5O3S/c1-4-29(26,27)24-13-12-22-20(21-2)23-16-19(25-14-6-5-7-15-25)17-8-10-18(28-3)11-9-17/h8-11,19,24H,4-7,12-16H2,1-3H3,(H2,21,22,23). The molecule has 164 valence electrons. The highest BCUT2D eigenvalue weighted by Crippen LogP contribution is 2.25. The molecule has 3 N–H and O–H groups in total. The number of methoxy groups -OCH3 is 1. The molecule has 2 rings (SSSR count). The Bertz CT molecular complexity index is 731. The zero-order chi connectivity index (χ0) is 21.1. The molecule has 0 amide bonds. The van der Waals surface area contributed by atoms with E-state index in [4.69, 9.17) is 4.74 Å². The number of nitrogens with zero attached hydrogens (tertiary/aromatic N) is 2. The van der Waals surface area contributed by atoms with Gasteiger partial charge in [0, 0.05) is 26.7 Å². The Hall–Kier alpha value is -1.84. The van der Waals surface area contributed by atoms with Crippen LogP contribution in [-0.4, -0.2) is 71.9 Å². The number of benzene rings is 1. The van der Waals surface area contributed by atoms with Crippen LogP contribution in [0.5, 0.6) is 5.75 Å². The number of aliphatic imine (C=N–C) groups is 1. The van der Waals surface area contributed by atoms with Crippen molar-refractivity contribution >= 4 is 16.0 Å². The van der Waals surface area contributed by atoms with E-state index in [1.807, 2.05) is 12.1 Å². The molecule has 1 aromatic carbocycles. The van der Waals surface area contributed by atoms with Crippen molar-refractivity contribution in [2.75, 3.05) is 52.6 Å². The lowest BCUT2D eigenvalue weighted by atomic mass is 10.0. The molecule has 1 unspecified atom stereocenters. The Labute approximate surface area is 175 Å². The molecule has 0 saturated carbocycles. The van der Waals surface area contributed by atoms with Gasteiger partial charge in [-0.25, -0.2) is 13.1 Å². The number of hydrogen-bond acceptors (Lipinski definition) is 5. The van der Waals surface area contributed by atoms with E-state index >= 15 is 0 Å². The highest BCUT2D eigenvalue weighted by atomic mass is 32.2. The second kappa shape index (κ2) is 12.0. The topological polar surface area (TPSA) is 95.1 Å². The van der Waals surface area contributed by atoms with E-state index < -0.39 is 10.0 Å². The van der Waals surface area contributed by atoms with Crippen molar-refractivity contribution in [3.05, 3.63) is 29.8 Å². The minimum absolute atomic E-state index is 0.0827. The first-order valence-electron chi connectivity index (χ1n) is 10.3. The largest absolute Gasteiger partial charge is 0.497 e. The maximum absolute atomic E-state index is 11.5. The van der Waals surface area contributed by atoms with Crippen LogP contribution in [0.15, 0.2) is 29.3 Å². The molecule has 1 aromatic rings. The van der Waals surface area contributed by atoms with E-state index in [-0.39, 0.29) is 11.8 Å². The number of guanidine groups is 1. The summed E-state index contributed by atoms with van der Waals surface area (Å²) in [5, 5.41) is 6.56. The SMILES string of the molecule is CCS(=O)(=O)NCCNC(=NC)NCC(c1ccc(OC)cc1)N1CCCCC1. The summed E-state index contributed by atoms with van der Waals surface area (Å²) in [4.78, 5) is 6.77. The molecule has 1 atom stereocenters. The van der Waals surface area contributed by atoms with Crippen molar-refractivity contribution in [1.82, 2.24) is 20.3 Å². The van der Waals surface area contributed by atoms with Crippen molar-refractivity contribution in [1.29, 1.82) is 0 Å². The van der Waals surface area contributed by atoms with Gasteiger partial charge in [-0.05, 0) is 50.6 Å². The molecule has 1 saturated heterocycles. The van der Waals surface area contributed by atoms with Gasteiger partial charge in [-0.1, -0.05) is 18.6 Å². The van der Waals surface area contributed by atoms with Gasteiger partial charge in [-0.2, -0.15) is 0 Å². The van der Waals surface area contributed by atoms with Crippen LogP contribution in [0.4, 0.5) is 0 Å². The highest BCUT2D eigenvalue weighted by molar-refractivity contribution is 7.89. The molecule has 1 heterocycles. The number of rotatable bonds is 10. The fourth-order valence-electron chi connectivity index (χ4n) is 3.42. The van der Waals surface area contributed by atoms with Gasteiger partial charge < -0.3 is 15.4 Å². The summed E-state index contributed by atoms with van der Waals surface area (Å²) in [6.07, 6.45) is 3.73. The van der Waals surface area contributed by atoms with Gasteiger partial charge in [0.05, 0.1) is 18.9 Å². The zero-order valence-corrected chi connectivity index (χ0v) is 18.6. The van der Waals surface area contributed by atoms with Crippen molar-refractivity contribution < 1.29 is 13.2 Å². The first kappa shape index (κ1) is 23.4. The fraction of sp³-hybridized carbons (Fsp3) is 0.650. The van der Waals surface area contributed by atoms with E-state index in [0.717, 1.165) is 18.8 Å². The van der Waals surface area contributed by atoms with Crippen LogP contribution in [0, 0.1) is 0 Å². The molecule has 1 aliphatic rings. The number of likely N-dealkylation sites (tertiary alicyclic amines) is 1. The molecular formula is C20H35N5O3S. The molecule has 0 aliphatic carbocycles. The zero-order valence-electron chi connectivity index (χ0n) is 17.8. The molecule has 0 aromatic heterocycles. The quantitative estimate of drug-likeness (QED) is 0.297. The van der Waals surface area contributed by atoms with Crippen LogP contribution in [0.25, 0.3) is 0 Å². The van der Waals surface area contributed by atoms with Crippen LogP contribution < -0.4 is 20.1 Å². The maximum atomic E-state index is 11.5. The first-order chi connectivity index (χ1) is 14.0. The smallest absolute Gasteiger partial charge is 0.211 e. The summed E-state index contributed by atoms with van der Waals surface area (Å²) in [6.45, 7) is 5.30. The molecule has 8 nitrogen and oxygen atoms in total. The molecule has 1 fully saturated rings. The third kappa shape index (κ3) is 7.83. The minimum atomic E-state index is -3.17. The van der Waals surface area contributed by atoms with Gasteiger partial charge in [0.25, 0.3) is 0 Å². The van der Waals surface area contributed by atoms with Crippen LogP contribution in [0.2, 0.25) is 0 Å². The Morgan fingerprint density at radius 1 is 1.14 bits per heavy atom. The third-order valence-electron chi connectivity index (χ3n) is 5.14. The highest BCUT2D eigenvalue weighted by Gasteiger charge is 2.22. The number of hydrogen-bond donors (Lipinski definition) is 3. The number of piperidine rings is 1. The van der Waals surface area contributed by atoms with Gasteiger partial charge in [0.2, 0.25) is 10.0 Å². The second-order valence-electron chi connectivity index (χ2n) is 7.06. The maximum Gasteiger partial charge on any atom is 0.211 e. The molecule has 0 bridgehead atoms. The Morgan fingerprint density at radius 2 is 1.83 bits per heavy atom. The summed E-state index contributed by atoms with van der Waals surface area (Å²) in [5.41, 5.74) is 1.24. The van der Waals surface area contributed by atoms with Crippen molar-refractivity contribution in [3.63, 3.8) is 0 Å². The van der Waals surface area contributed by atoms with Crippen LogP contribution in [0.3, 0.4) is 0 Å². The van der Waals surface area contributed by atoms with Gasteiger partial charge in [0.1, 0.15) is 5.75 Å². The van der Waals surface area contributed by atoms with Gasteiger partial charge >= 0.3 is 0 Å². The summed E-state index contributed by atoms with van der Waals surface area (Å²) in [5.74, 6) is 1.60. The van der Waals surface area contributed by atoms with E-state index in [2.05, 4.69) is 37.4 Å². The number of ether oxygens (including phenoxy) is 1. The molecule has 0 spiro atoms. The van der Waals surface area contributed by atoms with Crippen LogP contribution in [-0.2, 0) is 10.0 Å². The average Bonchev–Trinajstić information content (AvgIpc) is 2.76. The van der Waals surface area contributed by atoms with Crippen molar-refractivity contribution in [3.8, 4) is 5.75 Å². The predicted molar refractivity (Wildman–Crippen MR) is 118 cm³/mol. The number of nitrogens with one attached hydrogen (secondary N) is 3. The Morgan fingerprint density at radius 3 is 2.41 bits per heavy atom. The predicted octanol–water partition coefficient (Wildman–Crippen LogP) is 1.33. The minimum Gasteiger partial charge on any atom is -0.497 e. The lowest BCUT2D eigenvalue weighted by molar-refractivity contribution is 0.164. The molecule has 29 heavy (non-hydrogen) atoms. The summed E-state index contributed by atoms with van der Waals surface area (Å²) < 4.78 is 30.9. The Balaban J connectivity index is 1.94. The van der Waals surface area contributed by atoms with Crippen molar-refractivity contribution in [2.24, 2.45) is 4.99 Å². The molecule has 0 radical (unpaired) electrons. The molecule has 1 aliphatic heterocycles. The monoisotopic (exact) mass is 425 g/mol. The summed E-state index contributed by atoms with van der Waals surface area (Å²) in [6, 6.07) is 8.47. The van der Waals surface area contributed by atoms with E-state index in [1.165, 1.54) is 24.8 Å². The first-order valence-corrected chi connectivity index (χ1v) is 11.9. The number of sulfonamides is 1. The third-order valence-corrected chi connectivity index (χ3v) is 6.54. The normalized spacial score (nSPS) is 17.0. The van der Waals surface area contributed by atoms with E-state index in [9.17, 15) is 8.42 Å². The summed E-state index contributed by atoms with van der Waals surface area (Å²) >= 11 is 0. The molecular weight excluding hydrogens is 390 g/mol. The van der Waals surface area contributed by atoms with Gasteiger partial charge in [-0.15, -0.1) is 0 Å². The molecule has 9 heteroatoms. The lowest BCUT2D eigenvalue weighted by Gasteiger charge is -2.35. The Kier molecular flexibility index (Phi) is 9.69. The summed E-state index contributed by atoms with van der Waals surface area (Å²) in [7, 11) is 0.219. The van der Waals surface area contributed by atoms with Crippen molar-refractivity contribution in [2.45, 2.75) is 32.2 Å². The van der Waals surface area contributed by atoms with Crippen LogP contribution >= 0.6 is 0 Å². The van der Waals surface area contributed by atoms with Gasteiger partial charge in [0.15, 0.2) is 5.96 Å². The average molecular weight is 426 g/mol. The lowest BCUT2D eigenvalue weighted by Crippen LogP contribution is -2.46. The van der Waals surface area contributed by atoms with E-state index in [0.29, 0.717) is 25.6 Å².